The molecule has 0 atom stereocenters. The molecule has 4 aromatic heterocycles. The Kier molecular flexibility index (Phi) is 4.24. The molecule has 28 heavy (non-hydrogen) atoms. The highest BCUT2D eigenvalue weighted by Crippen LogP contribution is 2.25. The van der Waals surface area contributed by atoms with Gasteiger partial charge >= 0.3 is 0 Å². The van der Waals surface area contributed by atoms with E-state index in [2.05, 4.69) is 20.3 Å². The first kappa shape index (κ1) is 17.6. The molecule has 0 aliphatic carbocycles. The van der Waals surface area contributed by atoms with Gasteiger partial charge in [0.1, 0.15) is 16.9 Å². The first-order valence-electron chi connectivity index (χ1n) is 8.16. The summed E-state index contributed by atoms with van der Waals surface area (Å²) in [6.07, 6.45) is 4.48. The molecule has 4 N–H and O–H groups in total. The zero-order valence-electron chi connectivity index (χ0n) is 14.6. The third kappa shape index (κ3) is 3.16. The topological polar surface area (TPSA) is 135 Å². The number of fused-ring (bicyclic) bond motifs is 1. The van der Waals surface area contributed by atoms with Gasteiger partial charge in [-0.3, -0.25) is 24.1 Å². The Labute approximate surface area is 161 Å². The molecule has 4 heterocycles. The average Bonchev–Trinajstić information content (AvgIpc) is 3.31. The van der Waals surface area contributed by atoms with Crippen LogP contribution in [0.3, 0.4) is 0 Å². The lowest BCUT2D eigenvalue weighted by Crippen LogP contribution is -2.26. The number of H-pyrrole nitrogens is 1. The molecule has 4 rings (SSSR count). The second-order valence-electron chi connectivity index (χ2n) is 6.07. The SMILES string of the molecule is Cc1ccc2ncc(C(=O)Nc3nc(-c4c[nH]c(C(N)=O)c4)cs3)c(=O)n2c1. The van der Waals surface area contributed by atoms with E-state index >= 15 is 0 Å². The van der Waals surface area contributed by atoms with Crippen LogP contribution in [0.4, 0.5) is 5.13 Å². The number of aromatic amines is 1. The maximum atomic E-state index is 12.6. The van der Waals surface area contributed by atoms with Crippen LogP contribution in [0.5, 0.6) is 0 Å². The van der Waals surface area contributed by atoms with E-state index in [1.165, 1.54) is 21.9 Å². The smallest absolute Gasteiger partial charge is 0.270 e. The molecular formula is C18H14N6O3S. The summed E-state index contributed by atoms with van der Waals surface area (Å²) in [7, 11) is 0. The quantitative estimate of drug-likeness (QED) is 0.485. The van der Waals surface area contributed by atoms with Crippen molar-refractivity contribution in [3.8, 4) is 11.3 Å². The summed E-state index contributed by atoms with van der Waals surface area (Å²) in [6, 6.07) is 5.12. The number of nitrogens with zero attached hydrogens (tertiary/aromatic N) is 3. The van der Waals surface area contributed by atoms with E-state index in [4.69, 9.17) is 5.73 Å². The summed E-state index contributed by atoms with van der Waals surface area (Å²) < 4.78 is 1.34. The third-order valence-electron chi connectivity index (χ3n) is 4.06. The number of nitrogens with two attached hydrogens (primary N) is 1. The van der Waals surface area contributed by atoms with Gasteiger partial charge in [-0.25, -0.2) is 9.97 Å². The van der Waals surface area contributed by atoms with Crippen LogP contribution < -0.4 is 16.6 Å². The number of primary amides is 1. The molecule has 9 nitrogen and oxygen atoms in total. The number of carbonyl (C=O) groups excluding carboxylic acids is 2. The molecule has 0 fully saturated rings. The van der Waals surface area contributed by atoms with Gasteiger partial charge in [0.15, 0.2) is 5.13 Å². The molecule has 4 aromatic rings. The predicted molar refractivity (Wildman–Crippen MR) is 105 cm³/mol. The summed E-state index contributed by atoms with van der Waals surface area (Å²) in [5, 5.41) is 4.65. The van der Waals surface area contributed by atoms with Gasteiger partial charge in [0.2, 0.25) is 0 Å². The fourth-order valence-corrected chi connectivity index (χ4v) is 3.37. The van der Waals surface area contributed by atoms with Gasteiger partial charge in [-0.15, -0.1) is 11.3 Å². The summed E-state index contributed by atoms with van der Waals surface area (Å²) in [4.78, 5) is 47.5. The Morgan fingerprint density at radius 3 is 2.89 bits per heavy atom. The van der Waals surface area contributed by atoms with Crippen molar-refractivity contribution in [1.82, 2.24) is 19.4 Å². The molecule has 0 aliphatic heterocycles. The number of rotatable bonds is 4. The van der Waals surface area contributed by atoms with Crippen molar-refractivity contribution < 1.29 is 9.59 Å². The van der Waals surface area contributed by atoms with Crippen LogP contribution in [-0.2, 0) is 0 Å². The van der Waals surface area contributed by atoms with Crippen LogP contribution in [0.2, 0.25) is 0 Å². The maximum absolute atomic E-state index is 12.6. The highest BCUT2D eigenvalue weighted by atomic mass is 32.1. The monoisotopic (exact) mass is 394 g/mol. The molecular weight excluding hydrogens is 380 g/mol. The predicted octanol–water partition coefficient (Wildman–Crippen LogP) is 1.81. The van der Waals surface area contributed by atoms with Gasteiger partial charge in [-0.1, -0.05) is 6.07 Å². The lowest BCUT2D eigenvalue weighted by molar-refractivity contribution is 0.0993. The third-order valence-corrected chi connectivity index (χ3v) is 4.82. The van der Waals surface area contributed by atoms with Crippen molar-refractivity contribution >= 4 is 33.9 Å². The van der Waals surface area contributed by atoms with Crippen molar-refractivity contribution in [2.75, 3.05) is 5.32 Å². The largest absolute Gasteiger partial charge is 0.364 e. The molecule has 0 spiro atoms. The molecule has 0 aliphatic rings. The van der Waals surface area contributed by atoms with E-state index in [1.54, 1.807) is 29.9 Å². The Bertz CT molecular complexity index is 1290. The zero-order valence-corrected chi connectivity index (χ0v) is 15.4. The Hall–Kier alpha value is -3.79. The van der Waals surface area contributed by atoms with Gasteiger partial charge in [-0.05, 0) is 24.6 Å². The van der Waals surface area contributed by atoms with Gasteiger partial charge in [0.05, 0.1) is 5.69 Å². The molecule has 0 unspecified atom stereocenters. The second-order valence-corrected chi connectivity index (χ2v) is 6.93. The van der Waals surface area contributed by atoms with Crippen molar-refractivity contribution in [2.45, 2.75) is 6.92 Å². The van der Waals surface area contributed by atoms with Crippen molar-refractivity contribution in [3.05, 3.63) is 69.3 Å². The number of aromatic nitrogens is 4. The van der Waals surface area contributed by atoms with Crippen molar-refractivity contribution in [3.63, 3.8) is 0 Å². The first-order chi connectivity index (χ1) is 13.4. The maximum Gasteiger partial charge on any atom is 0.270 e. The first-order valence-corrected chi connectivity index (χ1v) is 9.04. The van der Waals surface area contributed by atoms with E-state index in [0.717, 1.165) is 5.56 Å². The molecule has 2 amide bonds. The summed E-state index contributed by atoms with van der Waals surface area (Å²) >= 11 is 1.19. The number of hydrogen-bond acceptors (Lipinski definition) is 6. The van der Waals surface area contributed by atoms with Crippen molar-refractivity contribution in [1.29, 1.82) is 0 Å². The molecule has 0 radical (unpaired) electrons. The molecule has 0 aromatic carbocycles. The van der Waals surface area contributed by atoms with Crippen molar-refractivity contribution in [2.24, 2.45) is 5.73 Å². The number of thiazole rings is 1. The highest BCUT2D eigenvalue weighted by molar-refractivity contribution is 7.14. The Morgan fingerprint density at radius 2 is 2.14 bits per heavy atom. The number of carbonyl (C=O) groups is 2. The summed E-state index contributed by atoms with van der Waals surface area (Å²) in [5.74, 6) is -1.17. The molecule has 0 saturated heterocycles. The average molecular weight is 394 g/mol. The minimum Gasteiger partial charge on any atom is -0.364 e. The minimum atomic E-state index is -0.596. The fraction of sp³-hybridized carbons (Fsp3) is 0.0556. The van der Waals surface area contributed by atoms with Crippen LogP contribution in [-0.4, -0.2) is 31.2 Å². The van der Waals surface area contributed by atoms with E-state index in [9.17, 15) is 14.4 Å². The van der Waals surface area contributed by atoms with Crippen LogP contribution in [0.1, 0.15) is 26.4 Å². The van der Waals surface area contributed by atoms with E-state index < -0.39 is 17.4 Å². The second kappa shape index (κ2) is 6.74. The molecule has 0 bridgehead atoms. The fourth-order valence-electron chi connectivity index (χ4n) is 2.65. The standard InChI is InChI=1S/C18H14N6O3S/c1-9-2-3-14-21-6-11(17(27)24(14)7-9)16(26)23-18-22-13(8-28-18)10-4-12(15(19)25)20-5-10/h2-8,20H,1H3,(H2,19,25)(H,22,23,26). The van der Waals surface area contributed by atoms with E-state index in [1.807, 2.05) is 13.0 Å². The van der Waals surface area contributed by atoms with Crippen LogP contribution >= 0.6 is 11.3 Å². The normalized spacial score (nSPS) is 10.9. The number of hydrogen-bond donors (Lipinski definition) is 3. The number of pyridine rings is 1. The van der Waals surface area contributed by atoms with Gasteiger partial charge < -0.3 is 10.7 Å². The van der Waals surface area contributed by atoms with Crippen LogP contribution in [0.15, 0.2) is 47.0 Å². The molecule has 10 heteroatoms. The van der Waals surface area contributed by atoms with Crippen LogP contribution in [0.25, 0.3) is 16.9 Å². The van der Waals surface area contributed by atoms with Gasteiger partial charge in [0, 0.05) is 29.5 Å². The lowest BCUT2D eigenvalue weighted by atomic mass is 10.2. The van der Waals surface area contributed by atoms with E-state index in [0.29, 0.717) is 22.0 Å². The van der Waals surface area contributed by atoms with Crippen LogP contribution in [0, 0.1) is 6.92 Å². The lowest BCUT2D eigenvalue weighted by Gasteiger charge is -2.05. The molecule has 140 valence electrons. The van der Waals surface area contributed by atoms with E-state index in [-0.39, 0.29) is 11.3 Å². The zero-order chi connectivity index (χ0) is 19.8. The number of anilines is 1. The highest BCUT2D eigenvalue weighted by Gasteiger charge is 2.16. The summed E-state index contributed by atoms with van der Waals surface area (Å²) in [5.41, 5.74) is 7.50. The number of aryl methyl sites for hydroxylation is 1. The van der Waals surface area contributed by atoms with Gasteiger partial charge in [-0.2, -0.15) is 0 Å². The number of nitrogens with one attached hydrogen (secondary N) is 2. The Balaban J connectivity index is 1.60. The molecule has 0 saturated carbocycles. The van der Waals surface area contributed by atoms with Gasteiger partial charge in [0.25, 0.3) is 17.4 Å². The number of amides is 2. The minimum absolute atomic E-state index is 0.0856. The Morgan fingerprint density at radius 1 is 1.32 bits per heavy atom. The summed E-state index contributed by atoms with van der Waals surface area (Å²) in [6.45, 7) is 1.85.